The van der Waals surface area contributed by atoms with Gasteiger partial charge in [-0.2, -0.15) is 0 Å². The van der Waals surface area contributed by atoms with Crippen LogP contribution in [0, 0.1) is 0 Å². The Morgan fingerprint density at radius 3 is 2.48 bits per heavy atom. The van der Waals surface area contributed by atoms with Crippen molar-refractivity contribution in [1.82, 2.24) is 4.57 Å². The van der Waals surface area contributed by atoms with Crippen LogP contribution in [0.25, 0.3) is 10.9 Å². The minimum atomic E-state index is -0.438. The van der Waals surface area contributed by atoms with E-state index in [-0.39, 0.29) is 11.2 Å². The number of aromatic nitrogens is 1. The Hall–Kier alpha value is -2.53. The Bertz CT molecular complexity index is 902. The maximum Gasteiger partial charge on any atom is 0.340 e. The first-order valence-corrected chi connectivity index (χ1v) is 9.05. The van der Waals surface area contributed by atoms with Crippen molar-refractivity contribution >= 4 is 34.5 Å². The van der Waals surface area contributed by atoms with Crippen LogP contribution < -0.4 is 0 Å². The second-order valence-electron chi connectivity index (χ2n) is 5.70. The second-order valence-corrected chi connectivity index (χ2v) is 7.03. The molecule has 3 rings (SSSR count). The fourth-order valence-corrected chi connectivity index (χ4v) is 3.59. The van der Waals surface area contributed by atoms with Gasteiger partial charge in [0.1, 0.15) is 0 Å². The van der Waals surface area contributed by atoms with Crippen molar-refractivity contribution < 1.29 is 14.3 Å². The van der Waals surface area contributed by atoms with Crippen molar-refractivity contribution in [2.75, 3.05) is 7.11 Å². The van der Waals surface area contributed by atoms with Crippen LogP contribution in [-0.4, -0.2) is 28.8 Å². The van der Waals surface area contributed by atoms with E-state index >= 15 is 0 Å². The maximum atomic E-state index is 12.9. The Morgan fingerprint density at radius 2 is 1.76 bits per heavy atom. The number of carbonyl (C=O) groups is 2. The molecule has 25 heavy (non-hydrogen) atoms. The fourth-order valence-electron chi connectivity index (χ4n) is 2.70. The molecule has 5 heteroatoms. The number of thioether (sulfide) groups is 1. The highest BCUT2D eigenvalue weighted by Gasteiger charge is 2.22. The minimum absolute atomic E-state index is 0.0488. The van der Waals surface area contributed by atoms with Gasteiger partial charge in [0.05, 0.1) is 23.4 Å². The van der Waals surface area contributed by atoms with Crippen LogP contribution in [-0.2, 0) is 10.5 Å². The number of benzene rings is 2. The normalized spacial score (nSPS) is 12.1. The van der Waals surface area contributed by atoms with E-state index in [1.165, 1.54) is 12.7 Å². The molecule has 0 aliphatic heterocycles. The van der Waals surface area contributed by atoms with Crippen LogP contribution in [0.1, 0.15) is 27.6 Å². The number of nitrogens with zero attached hydrogens (tertiary/aromatic N) is 1. The average Bonchev–Trinajstić information content (AvgIpc) is 3.05. The molecular formula is C20H19NO3S. The monoisotopic (exact) mass is 353 g/mol. The van der Waals surface area contributed by atoms with Crippen molar-refractivity contribution in [3.63, 3.8) is 0 Å². The highest BCUT2D eigenvalue weighted by atomic mass is 32.2. The number of ether oxygens (including phenoxy) is 1. The number of methoxy groups -OCH3 is 1. The van der Waals surface area contributed by atoms with E-state index in [0.29, 0.717) is 5.56 Å². The minimum Gasteiger partial charge on any atom is -0.465 e. The summed E-state index contributed by atoms with van der Waals surface area (Å²) in [6.07, 6.45) is 1.58. The van der Waals surface area contributed by atoms with Crippen molar-refractivity contribution in [1.29, 1.82) is 0 Å². The van der Waals surface area contributed by atoms with Crippen LogP contribution >= 0.6 is 11.8 Å². The van der Waals surface area contributed by atoms with Gasteiger partial charge in [-0.05, 0) is 18.6 Å². The molecule has 4 nitrogen and oxygen atoms in total. The molecule has 0 fully saturated rings. The van der Waals surface area contributed by atoms with E-state index in [4.69, 9.17) is 4.74 Å². The molecule has 3 aromatic rings. The summed E-state index contributed by atoms with van der Waals surface area (Å²) in [4.78, 5) is 24.9. The van der Waals surface area contributed by atoms with Gasteiger partial charge in [-0.3, -0.25) is 9.36 Å². The smallest absolute Gasteiger partial charge is 0.340 e. The molecule has 0 bridgehead atoms. The van der Waals surface area contributed by atoms with Gasteiger partial charge in [0.15, 0.2) is 0 Å². The van der Waals surface area contributed by atoms with E-state index in [0.717, 1.165) is 16.7 Å². The van der Waals surface area contributed by atoms with Gasteiger partial charge in [-0.25, -0.2) is 4.79 Å². The van der Waals surface area contributed by atoms with Crippen LogP contribution in [0.5, 0.6) is 0 Å². The van der Waals surface area contributed by atoms with E-state index in [9.17, 15) is 9.59 Å². The molecule has 0 aliphatic rings. The Labute approximate surface area is 150 Å². The SMILES string of the molecule is COC(=O)c1cn(C(=O)[C@@H](C)SCc2ccccc2)c2ccccc12. The molecule has 0 unspecified atom stereocenters. The third-order valence-corrected chi connectivity index (χ3v) is 5.25. The highest BCUT2D eigenvalue weighted by Crippen LogP contribution is 2.25. The van der Waals surface area contributed by atoms with Gasteiger partial charge >= 0.3 is 5.97 Å². The topological polar surface area (TPSA) is 48.3 Å². The molecule has 1 atom stereocenters. The molecule has 1 aromatic heterocycles. The lowest BCUT2D eigenvalue weighted by Gasteiger charge is -2.12. The lowest BCUT2D eigenvalue weighted by Crippen LogP contribution is -2.21. The molecule has 0 spiro atoms. The number of hydrogen-bond acceptors (Lipinski definition) is 4. The largest absolute Gasteiger partial charge is 0.465 e. The fraction of sp³-hybridized carbons (Fsp3) is 0.200. The number of carbonyl (C=O) groups excluding carboxylic acids is 2. The van der Waals surface area contributed by atoms with E-state index in [1.54, 1.807) is 22.5 Å². The number of esters is 1. The van der Waals surface area contributed by atoms with E-state index in [2.05, 4.69) is 0 Å². The summed E-state index contributed by atoms with van der Waals surface area (Å²) in [6.45, 7) is 1.89. The van der Waals surface area contributed by atoms with Crippen LogP contribution in [0.4, 0.5) is 0 Å². The maximum absolute atomic E-state index is 12.9. The summed E-state index contributed by atoms with van der Waals surface area (Å²) in [7, 11) is 1.34. The van der Waals surface area contributed by atoms with Gasteiger partial charge < -0.3 is 4.74 Å². The molecule has 128 valence electrons. The molecule has 0 saturated carbocycles. The molecular weight excluding hydrogens is 334 g/mol. The van der Waals surface area contributed by atoms with Crippen LogP contribution in [0.2, 0.25) is 0 Å². The van der Waals surface area contributed by atoms with Gasteiger partial charge in [0, 0.05) is 17.3 Å². The number of fused-ring (bicyclic) bond motifs is 1. The second kappa shape index (κ2) is 7.57. The lowest BCUT2D eigenvalue weighted by molar-refractivity contribution is 0.0603. The van der Waals surface area contributed by atoms with Gasteiger partial charge in [-0.15, -0.1) is 11.8 Å². The third kappa shape index (κ3) is 3.61. The zero-order valence-corrected chi connectivity index (χ0v) is 15.0. The number of para-hydroxylation sites is 1. The average molecular weight is 353 g/mol. The summed E-state index contributed by atoms with van der Waals surface area (Å²) in [6, 6.07) is 17.4. The first-order chi connectivity index (χ1) is 12.1. The molecule has 0 amide bonds. The quantitative estimate of drug-likeness (QED) is 0.638. The van der Waals surface area contributed by atoms with Crippen molar-refractivity contribution in [2.45, 2.75) is 17.9 Å². The molecule has 1 heterocycles. The Kier molecular flexibility index (Phi) is 5.24. The van der Waals surface area contributed by atoms with Crippen molar-refractivity contribution in [3.8, 4) is 0 Å². The van der Waals surface area contributed by atoms with Gasteiger partial charge in [0.25, 0.3) is 0 Å². The summed E-state index contributed by atoms with van der Waals surface area (Å²) >= 11 is 1.58. The molecule has 0 aliphatic carbocycles. The Balaban J connectivity index is 1.85. The van der Waals surface area contributed by atoms with E-state index < -0.39 is 5.97 Å². The zero-order chi connectivity index (χ0) is 17.8. The lowest BCUT2D eigenvalue weighted by atomic mass is 10.2. The van der Waals surface area contributed by atoms with Crippen LogP contribution in [0.3, 0.4) is 0 Å². The first kappa shape index (κ1) is 17.3. The van der Waals surface area contributed by atoms with Crippen molar-refractivity contribution in [3.05, 3.63) is 71.9 Å². The third-order valence-electron chi connectivity index (χ3n) is 4.05. The molecule has 2 aromatic carbocycles. The summed E-state index contributed by atoms with van der Waals surface area (Å²) < 4.78 is 6.39. The van der Waals surface area contributed by atoms with Gasteiger partial charge in [0.2, 0.25) is 5.91 Å². The predicted molar refractivity (Wildman–Crippen MR) is 101 cm³/mol. The van der Waals surface area contributed by atoms with Gasteiger partial charge in [-0.1, -0.05) is 48.5 Å². The van der Waals surface area contributed by atoms with Crippen molar-refractivity contribution in [2.24, 2.45) is 0 Å². The summed E-state index contributed by atoms with van der Waals surface area (Å²) in [5.74, 6) is 0.274. The van der Waals surface area contributed by atoms with Crippen LogP contribution in [0.15, 0.2) is 60.8 Å². The molecule has 0 N–H and O–H groups in total. The number of rotatable bonds is 5. The predicted octanol–water partition coefficient (Wildman–Crippen LogP) is 4.39. The summed E-state index contributed by atoms with van der Waals surface area (Å²) in [5, 5.41) is 0.490. The zero-order valence-electron chi connectivity index (χ0n) is 14.1. The molecule has 0 radical (unpaired) electrons. The summed E-state index contributed by atoms with van der Waals surface area (Å²) in [5.41, 5.74) is 2.31. The van der Waals surface area contributed by atoms with E-state index in [1.807, 2.05) is 61.5 Å². The molecule has 0 saturated heterocycles. The number of hydrogen-bond donors (Lipinski definition) is 0. The highest BCUT2D eigenvalue weighted by molar-refractivity contribution is 7.99. The standard InChI is InChI=1S/C20H19NO3S/c1-14(25-13-15-8-4-3-5-9-15)19(22)21-12-17(20(23)24-2)16-10-6-7-11-18(16)21/h3-12,14H,13H2,1-2H3/t14-/m1/s1. The first-order valence-electron chi connectivity index (χ1n) is 8.00. The Morgan fingerprint density at radius 1 is 1.08 bits per heavy atom.